The second-order valence-corrected chi connectivity index (χ2v) is 8.36. The average Bonchev–Trinajstić information content (AvgIpc) is 2.82. The van der Waals surface area contributed by atoms with Crippen LogP contribution >= 0.6 is 11.6 Å². The molecule has 180 valence electrons. The van der Waals surface area contributed by atoms with Gasteiger partial charge in [-0.15, -0.1) is 0 Å². The molecule has 0 radical (unpaired) electrons. The number of hydrogen-bond acceptors (Lipinski definition) is 7. The zero-order valence-electron chi connectivity index (χ0n) is 18.6. The van der Waals surface area contributed by atoms with Crippen molar-refractivity contribution in [1.82, 2.24) is 19.9 Å². The van der Waals surface area contributed by atoms with E-state index in [0.717, 1.165) is 57.0 Å². The lowest BCUT2D eigenvalue weighted by Crippen LogP contribution is -2.46. The maximum Gasteiger partial charge on any atom is 0.416 e. The minimum atomic E-state index is -4.44. The van der Waals surface area contributed by atoms with E-state index in [1.807, 2.05) is 12.1 Å². The first kappa shape index (κ1) is 24.0. The predicted octanol–water partition coefficient (Wildman–Crippen LogP) is 5.56. The molecule has 1 aliphatic rings. The van der Waals surface area contributed by atoms with E-state index in [0.29, 0.717) is 5.82 Å². The van der Waals surface area contributed by atoms with Gasteiger partial charge in [-0.25, -0.2) is 9.97 Å². The van der Waals surface area contributed by atoms with Crippen LogP contribution in [0.2, 0.25) is 5.02 Å². The molecule has 0 saturated carbocycles. The van der Waals surface area contributed by atoms with Gasteiger partial charge in [0.05, 0.1) is 23.6 Å². The van der Waals surface area contributed by atoms with E-state index < -0.39 is 11.7 Å². The van der Waals surface area contributed by atoms with Gasteiger partial charge in [-0.2, -0.15) is 18.2 Å². The summed E-state index contributed by atoms with van der Waals surface area (Å²) in [6, 6.07) is 8.64. The van der Waals surface area contributed by atoms with Crippen molar-refractivity contribution in [1.29, 1.82) is 0 Å². The van der Waals surface area contributed by atoms with Crippen LogP contribution in [0.5, 0.6) is 0 Å². The Labute approximate surface area is 201 Å². The second kappa shape index (κ2) is 10.4. The molecule has 1 saturated heterocycles. The standard InChI is InChI=1S/C23H25ClF3N7/c1-2-8-33-9-11-34(12-10-33)18-6-7-20(28-14-18)31-22-29-15-19(24)21(32-22)30-17-5-3-4-16(13-17)23(25,26)27/h3-7,13-15H,2,8-12H2,1H3,(H2,28,29,30,31,32). The first-order chi connectivity index (χ1) is 16.3. The molecule has 0 unspecified atom stereocenters. The van der Waals surface area contributed by atoms with E-state index in [2.05, 4.69) is 42.3 Å². The van der Waals surface area contributed by atoms with Crippen molar-refractivity contribution in [3.05, 3.63) is 59.4 Å². The maximum atomic E-state index is 13.0. The van der Waals surface area contributed by atoms with Crippen molar-refractivity contribution in [3.63, 3.8) is 0 Å². The molecular weight excluding hydrogens is 467 g/mol. The third-order valence-electron chi connectivity index (χ3n) is 5.46. The number of nitrogens with one attached hydrogen (secondary N) is 2. The van der Waals surface area contributed by atoms with Crippen LogP contribution in [0.3, 0.4) is 0 Å². The van der Waals surface area contributed by atoms with Crippen molar-refractivity contribution in [2.24, 2.45) is 0 Å². The Morgan fingerprint density at radius 3 is 2.47 bits per heavy atom. The molecular formula is C23H25ClF3N7. The minimum absolute atomic E-state index is 0.175. The summed E-state index contributed by atoms with van der Waals surface area (Å²) >= 11 is 6.15. The van der Waals surface area contributed by atoms with Crippen molar-refractivity contribution in [2.75, 3.05) is 48.3 Å². The van der Waals surface area contributed by atoms with Crippen LogP contribution in [-0.2, 0) is 6.18 Å². The summed E-state index contributed by atoms with van der Waals surface area (Å²) in [4.78, 5) is 17.7. The van der Waals surface area contributed by atoms with Crippen molar-refractivity contribution < 1.29 is 13.2 Å². The summed E-state index contributed by atoms with van der Waals surface area (Å²) in [7, 11) is 0. The summed E-state index contributed by atoms with van der Waals surface area (Å²) in [6.07, 6.45) is -0.112. The predicted molar refractivity (Wildman–Crippen MR) is 128 cm³/mol. The Morgan fingerprint density at radius 2 is 1.79 bits per heavy atom. The zero-order chi connectivity index (χ0) is 24.1. The van der Waals surface area contributed by atoms with E-state index >= 15 is 0 Å². The second-order valence-electron chi connectivity index (χ2n) is 7.95. The lowest BCUT2D eigenvalue weighted by molar-refractivity contribution is -0.137. The summed E-state index contributed by atoms with van der Waals surface area (Å²) in [5.41, 5.74) is 0.491. The summed E-state index contributed by atoms with van der Waals surface area (Å²) in [6.45, 7) is 7.30. The normalized spacial score (nSPS) is 14.8. The molecule has 2 N–H and O–H groups in total. The van der Waals surface area contributed by atoms with Gasteiger partial charge in [0.25, 0.3) is 0 Å². The monoisotopic (exact) mass is 491 g/mol. The molecule has 4 rings (SSSR count). The van der Waals surface area contributed by atoms with Gasteiger partial charge in [0.1, 0.15) is 10.8 Å². The van der Waals surface area contributed by atoms with Crippen LogP contribution in [-0.4, -0.2) is 52.6 Å². The number of hydrogen-bond donors (Lipinski definition) is 2. The number of nitrogens with zero attached hydrogens (tertiary/aromatic N) is 5. The Hall–Kier alpha value is -3.11. The van der Waals surface area contributed by atoms with E-state index in [1.54, 1.807) is 6.20 Å². The number of pyridine rings is 1. The first-order valence-corrected chi connectivity index (χ1v) is 11.4. The number of anilines is 5. The number of benzene rings is 1. The topological polar surface area (TPSA) is 69.2 Å². The SMILES string of the molecule is CCCN1CCN(c2ccc(Nc3ncc(Cl)c(Nc4cccc(C(F)(F)F)c4)n3)nc2)CC1. The third kappa shape index (κ3) is 6.06. The molecule has 1 fully saturated rings. The number of halogens is 4. The van der Waals surface area contributed by atoms with Gasteiger partial charge in [-0.1, -0.05) is 24.6 Å². The van der Waals surface area contributed by atoms with Crippen molar-refractivity contribution in [3.8, 4) is 0 Å². The highest BCUT2D eigenvalue weighted by Gasteiger charge is 2.30. The highest BCUT2D eigenvalue weighted by molar-refractivity contribution is 6.32. The van der Waals surface area contributed by atoms with Gasteiger partial charge in [-0.3, -0.25) is 4.90 Å². The average molecular weight is 492 g/mol. The number of piperazine rings is 1. The van der Waals surface area contributed by atoms with Crippen LogP contribution < -0.4 is 15.5 Å². The largest absolute Gasteiger partial charge is 0.416 e. The van der Waals surface area contributed by atoms with E-state index in [9.17, 15) is 13.2 Å². The molecule has 1 aromatic carbocycles. The molecule has 0 amide bonds. The molecule has 34 heavy (non-hydrogen) atoms. The van der Waals surface area contributed by atoms with E-state index in [4.69, 9.17) is 11.6 Å². The van der Waals surface area contributed by atoms with Crippen molar-refractivity contribution in [2.45, 2.75) is 19.5 Å². The Balaban J connectivity index is 1.42. The fourth-order valence-electron chi connectivity index (χ4n) is 3.73. The third-order valence-corrected chi connectivity index (χ3v) is 5.74. The fraction of sp³-hybridized carbons (Fsp3) is 0.348. The molecule has 7 nitrogen and oxygen atoms in total. The van der Waals surface area contributed by atoms with E-state index in [-0.39, 0.29) is 22.5 Å². The molecule has 0 bridgehead atoms. The molecule has 0 spiro atoms. The molecule has 1 aliphatic heterocycles. The van der Waals surface area contributed by atoms with Crippen LogP contribution in [0.15, 0.2) is 48.8 Å². The summed E-state index contributed by atoms with van der Waals surface area (Å²) in [5, 5.41) is 6.00. The van der Waals surface area contributed by atoms with Gasteiger partial charge in [0.15, 0.2) is 5.82 Å². The summed E-state index contributed by atoms with van der Waals surface area (Å²) < 4.78 is 39.0. The minimum Gasteiger partial charge on any atom is -0.368 e. The van der Waals surface area contributed by atoms with Gasteiger partial charge < -0.3 is 15.5 Å². The molecule has 2 aromatic heterocycles. The molecule has 0 atom stereocenters. The Morgan fingerprint density at radius 1 is 1.00 bits per heavy atom. The van der Waals surface area contributed by atoms with E-state index in [1.165, 1.54) is 18.3 Å². The van der Waals surface area contributed by atoms with Crippen LogP contribution in [0.1, 0.15) is 18.9 Å². The van der Waals surface area contributed by atoms with Crippen LogP contribution in [0.4, 0.5) is 42.1 Å². The molecule has 11 heteroatoms. The number of rotatable bonds is 7. The maximum absolute atomic E-state index is 13.0. The first-order valence-electron chi connectivity index (χ1n) is 11.0. The lowest BCUT2D eigenvalue weighted by Gasteiger charge is -2.35. The van der Waals surface area contributed by atoms with Gasteiger partial charge >= 0.3 is 6.18 Å². The lowest BCUT2D eigenvalue weighted by atomic mass is 10.2. The Kier molecular flexibility index (Phi) is 7.38. The highest BCUT2D eigenvalue weighted by atomic mass is 35.5. The Bertz CT molecular complexity index is 1100. The van der Waals surface area contributed by atoms with Gasteiger partial charge in [-0.05, 0) is 43.3 Å². The molecule has 3 heterocycles. The quantitative estimate of drug-likeness (QED) is 0.448. The highest BCUT2D eigenvalue weighted by Crippen LogP contribution is 2.32. The smallest absolute Gasteiger partial charge is 0.368 e. The molecule has 3 aromatic rings. The number of aromatic nitrogens is 3. The van der Waals surface area contributed by atoms with Gasteiger partial charge in [0, 0.05) is 31.9 Å². The van der Waals surface area contributed by atoms with Crippen molar-refractivity contribution >= 4 is 40.6 Å². The van der Waals surface area contributed by atoms with Gasteiger partial charge in [0.2, 0.25) is 5.95 Å². The summed E-state index contributed by atoms with van der Waals surface area (Å²) in [5.74, 6) is 0.938. The molecule has 0 aliphatic carbocycles. The number of alkyl halides is 3. The van der Waals surface area contributed by atoms with Crippen LogP contribution in [0.25, 0.3) is 0 Å². The zero-order valence-corrected chi connectivity index (χ0v) is 19.4. The fourth-order valence-corrected chi connectivity index (χ4v) is 3.87. The van der Waals surface area contributed by atoms with Crippen LogP contribution in [0, 0.1) is 0 Å².